The Morgan fingerprint density at radius 3 is 2.60 bits per heavy atom. The van der Waals surface area contributed by atoms with Crippen LogP contribution in [-0.2, 0) is 5.33 Å². The van der Waals surface area contributed by atoms with Gasteiger partial charge in [0.1, 0.15) is 5.82 Å². The van der Waals surface area contributed by atoms with Crippen molar-refractivity contribution in [2.75, 3.05) is 0 Å². The molecule has 0 saturated carbocycles. The van der Waals surface area contributed by atoms with Crippen LogP contribution < -0.4 is 0 Å². The smallest absolute Gasteiger partial charge is 0.358 e. The lowest BCUT2D eigenvalue weighted by Gasteiger charge is -2.03. The normalized spacial score (nSPS) is 10.7. The summed E-state index contributed by atoms with van der Waals surface area (Å²) in [5.74, 6) is -2.46. The molecule has 4 nitrogen and oxygen atoms in total. The third-order valence-corrected chi connectivity index (χ3v) is 2.14. The van der Waals surface area contributed by atoms with Crippen LogP contribution in [0.5, 0.6) is 0 Å². The average Bonchev–Trinajstić information content (AvgIpc) is 2.15. The Labute approximate surface area is 90.4 Å². The highest BCUT2D eigenvalue weighted by molar-refractivity contribution is 9.08. The van der Waals surface area contributed by atoms with Gasteiger partial charge in [-0.05, 0) is 9.91 Å². The molecule has 0 amide bonds. The summed E-state index contributed by atoms with van der Waals surface area (Å²) < 4.78 is 37.6. The molecule has 0 aliphatic heterocycles. The monoisotopic (exact) mass is 284 g/mol. The van der Waals surface area contributed by atoms with Crippen LogP contribution in [0.25, 0.3) is 0 Å². The minimum atomic E-state index is -3.26. The molecule has 0 aliphatic rings. The molecule has 0 unspecified atom stereocenters. The number of aromatic nitrogens is 1. The highest BCUT2D eigenvalue weighted by Crippen LogP contribution is 2.30. The van der Waals surface area contributed by atoms with E-state index >= 15 is 0 Å². The topological polar surface area (TPSA) is 56.0 Å². The zero-order valence-corrected chi connectivity index (χ0v) is 8.67. The zero-order chi connectivity index (χ0) is 11.6. The Hall–Kier alpha value is -1.18. The fourth-order valence-corrected chi connectivity index (χ4v) is 1.26. The first kappa shape index (κ1) is 11.9. The molecule has 0 radical (unpaired) electrons. The van der Waals surface area contributed by atoms with Crippen LogP contribution in [-0.4, -0.2) is 9.91 Å². The molecule has 8 heteroatoms. The van der Waals surface area contributed by atoms with Crippen molar-refractivity contribution in [3.8, 4) is 0 Å². The molecule has 1 rings (SSSR count). The summed E-state index contributed by atoms with van der Waals surface area (Å²) in [6.45, 7) is 0. The number of nitrogens with zero attached hydrogens (tertiary/aromatic N) is 2. The van der Waals surface area contributed by atoms with Gasteiger partial charge in [-0.3, -0.25) is 0 Å². The largest absolute Gasteiger partial charge is 0.375 e. The van der Waals surface area contributed by atoms with Gasteiger partial charge < -0.3 is 10.1 Å². The van der Waals surface area contributed by atoms with E-state index < -0.39 is 28.5 Å². The lowest BCUT2D eigenvalue weighted by atomic mass is 10.2. The van der Waals surface area contributed by atoms with Gasteiger partial charge in [0, 0.05) is 6.07 Å². The van der Waals surface area contributed by atoms with E-state index in [0.717, 1.165) is 6.07 Å². The predicted molar refractivity (Wildman–Crippen MR) is 48.4 cm³/mol. The molecule has 15 heavy (non-hydrogen) atoms. The Balaban J connectivity index is 3.42. The second-order valence-electron chi connectivity index (χ2n) is 2.52. The van der Waals surface area contributed by atoms with Crippen molar-refractivity contribution in [2.45, 2.75) is 11.8 Å². The summed E-state index contributed by atoms with van der Waals surface area (Å²) in [6.07, 6.45) is -3.26. The summed E-state index contributed by atoms with van der Waals surface area (Å²) in [7, 11) is 0. The third kappa shape index (κ3) is 2.44. The van der Waals surface area contributed by atoms with Crippen molar-refractivity contribution in [3.05, 3.63) is 33.3 Å². The first-order valence-corrected chi connectivity index (χ1v) is 4.77. The number of halogens is 4. The van der Waals surface area contributed by atoms with Crippen molar-refractivity contribution in [1.29, 1.82) is 0 Å². The molecule has 0 spiro atoms. The highest BCUT2D eigenvalue weighted by atomic mass is 79.9. The van der Waals surface area contributed by atoms with Gasteiger partial charge in [0.15, 0.2) is 11.3 Å². The molecule has 0 aromatic carbocycles. The van der Waals surface area contributed by atoms with Crippen molar-refractivity contribution in [3.63, 3.8) is 0 Å². The molecule has 0 saturated heterocycles. The van der Waals surface area contributed by atoms with Gasteiger partial charge in [-0.1, -0.05) is 15.9 Å². The average molecular weight is 285 g/mol. The second kappa shape index (κ2) is 4.56. The van der Waals surface area contributed by atoms with Crippen molar-refractivity contribution < 1.29 is 18.1 Å². The molecule has 0 aliphatic carbocycles. The van der Waals surface area contributed by atoms with E-state index in [1.807, 2.05) is 0 Å². The van der Waals surface area contributed by atoms with Crippen LogP contribution in [0.2, 0.25) is 0 Å². The number of hydrogen-bond acceptors (Lipinski definition) is 3. The van der Waals surface area contributed by atoms with E-state index in [4.69, 9.17) is 0 Å². The molecule has 0 bridgehead atoms. The summed E-state index contributed by atoms with van der Waals surface area (Å²) >= 11 is 2.90. The van der Waals surface area contributed by atoms with E-state index in [1.54, 1.807) is 0 Å². The first-order chi connectivity index (χ1) is 6.97. The summed E-state index contributed by atoms with van der Waals surface area (Å²) in [5, 5.41) is 10.4. The van der Waals surface area contributed by atoms with Crippen LogP contribution >= 0.6 is 15.9 Å². The molecule has 82 valence electrons. The zero-order valence-electron chi connectivity index (χ0n) is 7.08. The van der Waals surface area contributed by atoms with E-state index in [9.17, 15) is 23.3 Å². The minimum absolute atomic E-state index is 0.0106. The van der Waals surface area contributed by atoms with E-state index in [-0.39, 0.29) is 11.0 Å². The molecular weight excluding hydrogens is 281 g/mol. The molecular formula is C7H4BrF3N2O2. The molecule has 0 fully saturated rings. The van der Waals surface area contributed by atoms with Crippen LogP contribution in [0.1, 0.15) is 17.7 Å². The Kier molecular flexibility index (Phi) is 3.61. The van der Waals surface area contributed by atoms with Crippen LogP contribution in [0.3, 0.4) is 0 Å². The van der Waals surface area contributed by atoms with Gasteiger partial charge in [-0.2, -0.15) is 0 Å². The van der Waals surface area contributed by atoms with Crippen molar-refractivity contribution >= 4 is 21.7 Å². The van der Waals surface area contributed by atoms with Crippen molar-refractivity contribution in [1.82, 2.24) is 4.98 Å². The quantitative estimate of drug-likeness (QED) is 0.487. The fraction of sp³-hybridized carbons (Fsp3) is 0.286. The van der Waals surface area contributed by atoms with Gasteiger partial charge in [-0.25, -0.2) is 13.2 Å². The Bertz CT molecular complexity index is 400. The van der Waals surface area contributed by atoms with Crippen LogP contribution in [0.15, 0.2) is 6.07 Å². The second-order valence-corrected chi connectivity index (χ2v) is 3.08. The predicted octanol–water partition coefficient (Wildman–Crippen LogP) is 2.96. The molecule has 1 heterocycles. The van der Waals surface area contributed by atoms with Gasteiger partial charge in [0.05, 0.1) is 5.33 Å². The van der Waals surface area contributed by atoms with Gasteiger partial charge in [-0.15, -0.1) is 0 Å². The summed E-state index contributed by atoms with van der Waals surface area (Å²) in [4.78, 5) is 12.6. The Morgan fingerprint density at radius 1 is 1.60 bits per heavy atom. The van der Waals surface area contributed by atoms with Crippen molar-refractivity contribution in [2.24, 2.45) is 0 Å². The van der Waals surface area contributed by atoms with Crippen LogP contribution in [0, 0.1) is 15.9 Å². The maximum Gasteiger partial charge on any atom is 0.375 e. The minimum Gasteiger partial charge on any atom is -0.358 e. The lowest BCUT2D eigenvalue weighted by molar-refractivity contribution is -0.391. The van der Waals surface area contributed by atoms with Gasteiger partial charge >= 0.3 is 5.82 Å². The molecule has 0 N–H and O–H groups in total. The van der Waals surface area contributed by atoms with E-state index in [0.29, 0.717) is 0 Å². The number of nitro groups is 1. The van der Waals surface area contributed by atoms with Gasteiger partial charge in [0.25, 0.3) is 6.43 Å². The first-order valence-electron chi connectivity index (χ1n) is 3.65. The fourth-order valence-electron chi connectivity index (χ4n) is 0.969. The van der Waals surface area contributed by atoms with Crippen LogP contribution in [0.4, 0.5) is 19.0 Å². The molecule has 0 atom stereocenters. The third-order valence-electron chi connectivity index (χ3n) is 1.57. The SMILES string of the molecule is O=[N+]([O-])c1nc(CBr)cc(F)c1C(F)F. The number of hydrogen-bond donors (Lipinski definition) is 0. The van der Waals surface area contributed by atoms with Gasteiger partial charge in [0.2, 0.25) is 0 Å². The number of alkyl halides is 3. The standard InChI is InChI=1S/C7H4BrF3N2O2/c8-2-3-1-4(9)5(6(10)11)7(12-3)13(14)15/h1,6H,2H2. The number of rotatable bonds is 3. The molecule has 1 aromatic rings. The van der Waals surface area contributed by atoms with E-state index in [2.05, 4.69) is 20.9 Å². The lowest BCUT2D eigenvalue weighted by Crippen LogP contribution is -2.04. The molecule has 1 aromatic heterocycles. The summed E-state index contributed by atoms with van der Waals surface area (Å²) in [6, 6.07) is 0.739. The number of pyridine rings is 1. The summed E-state index contributed by atoms with van der Waals surface area (Å²) in [5.41, 5.74) is -1.28. The van der Waals surface area contributed by atoms with E-state index in [1.165, 1.54) is 0 Å². The highest BCUT2D eigenvalue weighted by Gasteiger charge is 2.29. The maximum absolute atomic E-state index is 13.1. The Morgan fingerprint density at radius 2 is 2.20 bits per heavy atom. The maximum atomic E-state index is 13.1.